The van der Waals surface area contributed by atoms with E-state index in [0.29, 0.717) is 21.4 Å². The van der Waals surface area contributed by atoms with Crippen LogP contribution in [0.1, 0.15) is 13.8 Å². The third-order valence-electron chi connectivity index (χ3n) is 2.79. The fourth-order valence-electron chi connectivity index (χ4n) is 1.92. The summed E-state index contributed by atoms with van der Waals surface area (Å²) in [5.74, 6) is -0.171. The van der Waals surface area contributed by atoms with E-state index in [2.05, 4.69) is 5.32 Å². The molecule has 1 aromatic carbocycles. The number of amides is 1. The predicted molar refractivity (Wildman–Crippen MR) is 72.1 cm³/mol. The zero-order valence-corrected chi connectivity index (χ0v) is 11.4. The summed E-state index contributed by atoms with van der Waals surface area (Å²) in [5, 5.41) is 12.7. The summed E-state index contributed by atoms with van der Waals surface area (Å²) in [6.45, 7) is 3.49. The van der Waals surface area contributed by atoms with Crippen molar-refractivity contribution < 1.29 is 4.79 Å². The van der Waals surface area contributed by atoms with Crippen LogP contribution in [0, 0.1) is 11.3 Å². The lowest BCUT2D eigenvalue weighted by Crippen LogP contribution is -2.54. The summed E-state index contributed by atoms with van der Waals surface area (Å²) in [4.78, 5) is 13.6. The average molecular weight is 284 g/mol. The zero-order chi connectivity index (χ0) is 13.5. The van der Waals surface area contributed by atoms with E-state index in [-0.39, 0.29) is 12.5 Å². The zero-order valence-electron chi connectivity index (χ0n) is 9.92. The second kappa shape index (κ2) is 4.34. The molecule has 1 amide bonds. The lowest BCUT2D eigenvalue weighted by atomic mass is 9.98. The highest BCUT2D eigenvalue weighted by Crippen LogP contribution is 2.40. The third-order valence-corrected chi connectivity index (χ3v) is 3.51. The van der Waals surface area contributed by atoms with Crippen LogP contribution in [-0.2, 0) is 4.79 Å². The van der Waals surface area contributed by atoms with Gasteiger partial charge >= 0.3 is 0 Å². The number of hydrogen-bond donors (Lipinski definition) is 1. The number of fused-ring (bicyclic) bond motifs is 1. The Morgan fingerprint density at radius 1 is 1.39 bits per heavy atom. The van der Waals surface area contributed by atoms with Crippen LogP contribution in [0.5, 0.6) is 0 Å². The smallest absolute Gasteiger partial charge is 0.253 e. The predicted octanol–water partition coefficient (Wildman–Crippen LogP) is 3.05. The van der Waals surface area contributed by atoms with E-state index in [1.165, 1.54) is 4.90 Å². The molecule has 1 heterocycles. The molecule has 0 saturated heterocycles. The first-order chi connectivity index (χ1) is 8.36. The Bertz CT molecular complexity index is 563. The van der Waals surface area contributed by atoms with Crippen molar-refractivity contribution in [1.29, 1.82) is 5.26 Å². The van der Waals surface area contributed by atoms with Crippen molar-refractivity contribution in [3.05, 3.63) is 22.2 Å². The van der Waals surface area contributed by atoms with Crippen LogP contribution in [0.2, 0.25) is 10.0 Å². The molecule has 0 spiro atoms. The van der Waals surface area contributed by atoms with Gasteiger partial charge in [0.2, 0.25) is 0 Å². The van der Waals surface area contributed by atoms with Crippen molar-refractivity contribution in [2.45, 2.75) is 19.4 Å². The maximum absolute atomic E-state index is 12.2. The molecular weight excluding hydrogens is 273 g/mol. The first-order valence-electron chi connectivity index (χ1n) is 5.33. The Hall–Kier alpha value is -1.44. The van der Waals surface area contributed by atoms with E-state index < -0.39 is 5.54 Å². The monoisotopic (exact) mass is 283 g/mol. The number of nitrogens with one attached hydrogen (secondary N) is 1. The molecule has 0 aliphatic carbocycles. The van der Waals surface area contributed by atoms with Gasteiger partial charge in [-0.15, -0.1) is 0 Å². The molecule has 1 N–H and O–H groups in total. The molecule has 1 aliphatic rings. The molecule has 0 atom stereocenters. The van der Waals surface area contributed by atoms with Gasteiger partial charge in [0, 0.05) is 0 Å². The van der Waals surface area contributed by atoms with Crippen LogP contribution < -0.4 is 10.2 Å². The summed E-state index contributed by atoms with van der Waals surface area (Å²) in [5.41, 5.74) is 0.501. The van der Waals surface area contributed by atoms with Gasteiger partial charge in [-0.25, -0.2) is 0 Å². The molecule has 18 heavy (non-hydrogen) atoms. The van der Waals surface area contributed by atoms with Gasteiger partial charge < -0.3 is 5.32 Å². The largest absolute Gasteiger partial charge is 0.370 e. The fourth-order valence-corrected chi connectivity index (χ4v) is 2.25. The van der Waals surface area contributed by atoms with Gasteiger partial charge in [-0.1, -0.05) is 23.2 Å². The van der Waals surface area contributed by atoms with E-state index >= 15 is 0 Å². The molecule has 6 heteroatoms. The molecular formula is C12H11Cl2N3O. The van der Waals surface area contributed by atoms with Crippen LogP contribution in [-0.4, -0.2) is 18.0 Å². The highest BCUT2D eigenvalue weighted by Gasteiger charge is 2.38. The molecule has 1 aliphatic heterocycles. The SMILES string of the molecule is CC1(C)Nc2cc(Cl)c(Cl)cc2N(CC#N)C1=O. The van der Waals surface area contributed by atoms with Gasteiger partial charge in [-0.2, -0.15) is 5.26 Å². The van der Waals surface area contributed by atoms with Crippen molar-refractivity contribution in [2.75, 3.05) is 16.8 Å². The first kappa shape index (κ1) is 13.0. The Balaban J connectivity index is 2.60. The summed E-state index contributed by atoms with van der Waals surface area (Å²) < 4.78 is 0. The summed E-state index contributed by atoms with van der Waals surface area (Å²) in [7, 11) is 0. The Kier molecular flexibility index (Phi) is 3.14. The molecule has 0 unspecified atom stereocenters. The average Bonchev–Trinajstić information content (AvgIpc) is 2.28. The second-order valence-corrected chi connectivity index (χ2v) is 5.40. The number of hydrogen-bond acceptors (Lipinski definition) is 3. The highest BCUT2D eigenvalue weighted by molar-refractivity contribution is 6.42. The van der Waals surface area contributed by atoms with Gasteiger partial charge in [0.1, 0.15) is 12.1 Å². The molecule has 0 aromatic heterocycles. The van der Waals surface area contributed by atoms with Crippen LogP contribution in [0.15, 0.2) is 12.1 Å². The van der Waals surface area contributed by atoms with Gasteiger partial charge in [-0.05, 0) is 26.0 Å². The summed E-state index contributed by atoms with van der Waals surface area (Å²) in [6.07, 6.45) is 0. The number of anilines is 2. The van der Waals surface area contributed by atoms with Gasteiger partial charge in [0.25, 0.3) is 5.91 Å². The van der Waals surface area contributed by atoms with E-state index in [4.69, 9.17) is 28.5 Å². The highest BCUT2D eigenvalue weighted by atomic mass is 35.5. The molecule has 0 bridgehead atoms. The summed E-state index contributed by atoms with van der Waals surface area (Å²) in [6, 6.07) is 5.24. The van der Waals surface area contributed by atoms with Crippen LogP contribution >= 0.6 is 23.2 Å². The normalized spacial score (nSPS) is 16.8. The molecule has 1 aromatic rings. The number of nitrogens with zero attached hydrogens (tertiary/aromatic N) is 2. The van der Waals surface area contributed by atoms with Crippen LogP contribution in [0.3, 0.4) is 0 Å². The summed E-state index contributed by atoms with van der Waals surface area (Å²) >= 11 is 11.9. The maximum Gasteiger partial charge on any atom is 0.253 e. The Morgan fingerprint density at radius 3 is 2.61 bits per heavy atom. The van der Waals surface area contributed by atoms with Crippen molar-refractivity contribution >= 4 is 40.5 Å². The molecule has 4 nitrogen and oxygen atoms in total. The van der Waals surface area contributed by atoms with Gasteiger partial charge in [-0.3, -0.25) is 9.69 Å². The molecule has 0 fully saturated rings. The Morgan fingerprint density at radius 2 is 2.00 bits per heavy atom. The topological polar surface area (TPSA) is 56.1 Å². The van der Waals surface area contributed by atoms with Gasteiger partial charge in [0.15, 0.2) is 0 Å². The Labute approximate surface area is 115 Å². The molecule has 2 rings (SSSR count). The van der Waals surface area contributed by atoms with Crippen LogP contribution in [0.25, 0.3) is 0 Å². The van der Waals surface area contributed by atoms with E-state index in [1.807, 2.05) is 6.07 Å². The second-order valence-electron chi connectivity index (χ2n) is 4.58. The van der Waals surface area contributed by atoms with Crippen molar-refractivity contribution in [2.24, 2.45) is 0 Å². The van der Waals surface area contributed by atoms with E-state index in [1.54, 1.807) is 26.0 Å². The van der Waals surface area contributed by atoms with Crippen molar-refractivity contribution in [3.63, 3.8) is 0 Å². The number of rotatable bonds is 1. The fraction of sp³-hybridized carbons (Fsp3) is 0.333. The van der Waals surface area contributed by atoms with Crippen LogP contribution in [0.4, 0.5) is 11.4 Å². The third kappa shape index (κ3) is 2.00. The molecule has 0 saturated carbocycles. The van der Waals surface area contributed by atoms with Crippen molar-refractivity contribution in [3.8, 4) is 6.07 Å². The minimum atomic E-state index is -0.777. The number of benzene rings is 1. The van der Waals surface area contributed by atoms with E-state index in [9.17, 15) is 4.79 Å². The number of nitriles is 1. The quantitative estimate of drug-likeness (QED) is 0.806. The number of halogens is 2. The lowest BCUT2D eigenvalue weighted by molar-refractivity contribution is -0.122. The molecule has 94 valence electrons. The standard InChI is InChI=1S/C12H11Cl2N3O/c1-12(2)11(18)17(4-3-15)10-6-8(14)7(13)5-9(10)16-12/h5-6,16H,4H2,1-2H3. The maximum atomic E-state index is 12.2. The van der Waals surface area contributed by atoms with Gasteiger partial charge in [0.05, 0.1) is 27.5 Å². The first-order valence-corrected chi connectivity index (χ1v) is 6.08. The van der Waals surface area contributed by atoms with Crippen molar-refractivity contribution in [1.82, 2.24) is 0 Å². The molecule has 0 radical (unpaired) electrons. The minimum absolute atomic E-state index is 0.0189. The number of carbonyl (C=O) groups excluding carboxylic acids is 1. The van der Waals surface area contributed by atoms with E-state index in [0.717, 1.165) is 0 Å². The number of carbonyl (C=O) groups is 1. The minimum Gasteiger partial charge on any atom is -0.370 e. The lowest BCUT2D eigenvalue weighted by Gasteiger charge is -2.39.